The summed E-state index contributed by atoms with van der Waals surface area (Å²) in [6.45, 7) is 11.9. The molecule has 7 heteroatoms. The topological polar surface area (TPSA) is 113 Å². The summed E-state index contributed by atoms with van der Waals surface area (Å²) in [6.07, 6.45) is 0.853. The van der Waals surface area contributed by atoms with Gasteiger partial charge in [0.15, 0.2) is 0 Å². The zero-order chi connectivity index (χ0) is 21.8. The first-order valence-corrected chi connectivity index (χ1v) is 10.5. The number of hydrogen-bond acceptors (Lipinski definition) is 5. The van der Waals surface area contributed by atoms with Crippen LogP contribution in [0.25, 0.3) is 0 Å². The first kappa shape index (κ1) is 21.8. The lowest BCUT2D eigenvalue weighted by molar-refractivity contribution is -0.191. The van der Waals surface area contributed by atoms with E-state index in [4.69, 9.17) is 9.84 Å². The Morgan fingerprint density at radius 3 is 2.52 bits per heavy atom. The highest BCUT2D eigenvalue weighted by Crippen LogP contribution is 2.67. The predicted molar refractivity (Wildman–Crippen MR) is 106 cm³/mol. The minimum Gasteiger partial charge on any atom is -0.465 e. The number of carboxylic acid groups (broad SMARTS) is 1. The fourth-order valence-corrected chi connectivity index (χ4v) is 6.75. The first-order chi connectivity index (χ1) is 13.4. The van der Waals surface area contributed by atoms with Gasteiger partial charge in [0.05, 0.1) is 6.10 Å². The van der Waals surface area contributed by atoms with E-state index in [1.54, 1.807) is 11.4 Å². The molecule has 2 bridgehead atoms. The van der Waals surface area contributed by atoms with Crippen LogP contribution >= 0.6 is 0 Å². The normalized spacial score (nSPS) is 46.8. The average Bonchev–Trinajstić information content (AvgIpc) is 3.00. The molecule has 0 radical (unpaired) electrons. The molecule has 7 nitrogen and oxygen atoms in total. The highest BCUT2D eigenvalue weighted by molar-refractivity contribution is 5.87. The van der Waals surface area contributed by atoms with Gasteiger partial charge in [-0.2, -0.15) is 0 Å². The minimum absolute atomic E-state index is 0.0989. The summed E-state index contributed by atoms with van der Waals surface area (Å²) >= 11 is 0. The Morgan fingerprint density at radius 2 is 1.93 bits per heavy atom. The first-order valence-electron chi connectivity index (χ1n) is 10.5. The van der Waals surface area contributed by atoms with E-state index >= 15 is 0 Å². The molecule has 3 saturated carbocycles. The Bertz CT molecular complexity index is 737. The molecule has 3 aliphatic rings. The van der Waals surface area contributed by atoms with Crippen molar-refractivity contribution in [1.82, 2.24) is 5.32 Å². The van der Waals surface area contributed by atoms with Gasteiger partial charge in [-0.15, -0.1) is 6.58 Å². The number of amides is 2. The van der Waals surface area contributed by atoms with Crippen molar-refractivity contribution in [3.63, 3.8) is 0 Å². The summed E-state index contributed by atoms with van der Waals surface area (Å²) in [5.74, 6) is -0.183. The fraction of sp³-hybridized carbons (Fsp3) is 0.773. The van der Waals surface area contributed by atoms with Crippen molar-refractivity contribution in [1.29, 1.82) is 0 Å². The number of aliphatic hydroxyl groups is 1. The molecule has 0 spiro atoms. The number of nitrogens with one attached hydrogen (secondary N) is 1. The van der Waals surface area contributed by atoms with Crippen LogP contribution in [0.1, 0.15) is 59.8 Å². The van der Waals surface area contributed by atoms with Gasteiger partial charge in [-0.05, 0) is 42.9 Å². The summed E-state index contributed by atoms with van der Waals surface area (Å²) in [4.78, 5) is 36.4. The summed E-state index contributed by atoms with van der Waals surface area (Å²) < 4.78 is 5.69. The van der Waals surface area contributed by atoms with Gasteiger partial charge in [-0.3, -0.25) is 4.79 Å². The highest BCUT2D eigenvalue weighted by Gasteiger charge is 2.68. The fourth-order valence-electron chi connectivity index (χ4n) is 6.75. The Morgan fingerprint density at radius 1 is 1.28 bits per heavy atom. The molecule has 0 aliphatic heterocycles. The maximum atomic E-state index is 13.2. The second-order valence-electron chi connectivity index (χ2n) is 9.91. The van der Waals surface area contributed by atoms with Crippen LogP contribution < -0.4 is 5.32 Å². The van der Waals surface area contributed by atoms with Gasteiger partial charge in [-0.1, -0.05) is 33.8 Å². The van der Waals surface area contributed by atoms with Crippen molar-refractivity contribution in [3.8, 4) is 0 Å². The molecule has 0 aromatic carbocycles. The van der Waals surface area contributed by atoms with E-state index in [-0.39, 0.29) is 35.4 Å². The van der Waals surface area contributed by atoms with E-state index in [0.29, 0.717) is 6.42 Å². The Kier molecular flexibility index (Phi) is 5.35. The Labute approximate surface area is 171 Å². The van der Waals surface area contributed by atoms with Crippen LogP contribution in [-0.2, 0) is 9.53 Å². The second-order valence-corrected chi connectivity index (χ2v) is 9.91. The summed E-state index contributed by atoms with van der Waals surface area (Å²) in [5, 5.41) is 22.0. The maximum Gasteiger partial charge on any atom is 0.416 e. The average molecular weight is 408 g/mol. The molecule has 0 aromatic rings. The smallest absolute Gasteiger partial charge is 0.416 e. The second kappa shape index (κ2) is 7.11. The lowest BCUT2D eigenvalue weighted by Gasteiger charge is -2.61. The van der Waals surface area contributed by atoms with Crippen molar-refractivity contribution < 1.29 is 29.3 Å². The van der Waals surface area contributed by atoms with Gasteiger partial charge in [0.2, 0.25) is 0 Å². The van der Waals surface area contributed by atoms with Crippen molar-refractivity contribution in [3.05, 3.63) is 12.7 Å². The van der Waals surface area contributed by atoms with Gasteiger partial charge < -0.3 is 14.9 Å². The number of hydrogen-bond donors (Lipinski definition) is 3. The van der Waals surface area contributed by atoms with E-state index in [1.807, 2.05) is 20.8 Å². The zero-order valence-electron chi connectivity index (χ0n) is 17.7. The molecule has 0 aromatic heterocycles. The van der Waals surface area contributed by atoms with Gasteiger partial charge in [-0.25, -0.2) is 14.9 Å². The third-order valence-corrected chi connectivity index (χ3v) is 8.76. The number of ether oxygens (including phenoxy) is 1. The minimum atomic E-state index is -1.49. The monoisotopic (exact) mass is 407 g/mol. The number of ketones is 1. The van der Waals surface area contributed by atoms with E-state index in [9.17, 15) is 19.5 Å². The van der Waals surface area contributed by atoms with Crippen LogP contribution in [0.4, 0.5) is 9.59 Å². The number of rotatable bonds is 2. The van der Waals surface area contributed by atoms with Crippen LogP contribution in [0.3, 0.4) is 0 Å². The standard InChI is InChI=1S/C22H33NO6/c1-6-20(4)11-15(29-19(28)23-18(26)27)21(5)12(2)7-9-22(13(3)17(20)25)10-8-14(24)16(21)22/h6,12-13,15-17,25H,1,7-11H2,2-5H3,(H,23,28)(H,26,27)/t12-,13+,15-,16?,17+,20-,21+,22+/m1/s1. The zero-order valence-corrected chi connectivity index (χ0v) is 17.7. The summed E-state index contributed by atoms with van der Waals surface area (Å²) in [6, 6.07) is 0. The molecule has 3 aliphatic carbocycles. The van der Waals surface area contributed by atoms with Crippen molar-refractivity contribution >= 4 is 18.0 Å². The molecule has 1 unspecified atom stereocenters. The van der Waals surface area contributed by atoms with Gasteiger partial charge in [0.25, 0.3) is 0 Å². The molecule has 0 saturated heterocycles. The lowest BCUT2D eigenvalue weighted by atomic mass is 9.44. The molecule has 29 heavy (non-hydrogen) atoms. The number of alkyl carbamates (subject to hydrolysis) is 1. The number of carbonyl (C=O) groups is 3. The van der Waals surface area contributed by atoms with E-state index in [1.165, 1.54) is 0 Å². The molecule has 3 fully saturated rings. The maximum absolute atomic E-state index is 13.2. The molecular formula is C22H33NO6. The third kappa shape index (κ3) is 3.09. The SMILES string of the molecule is C=C[C@]1(C)C[C@@H](OC(=O)NC(=O)O)[C@@]2(C)C3C(=O)CC[C@@]3(CC[C@H]2C)[C@@H](C)[C@@H]1O. The lowest BCUT2D eigenvalue weighted by Crippen LogP contribution is -2.63. The molecule has 3 rings (SSSR count). The highest BCUT2D eigenvalue weighted by atomic mass is 16.6. The summed E-state index contributed by atoms with van der Waals surface area (Å²) in [5.41, 5.74) is -1.75. The predicted octanol–water partition coefficient (Wildman–Crippen LogP) is 3.75. The quantitative estimate of drug-likeness (QED) is 0.601. The molecule has 8 atom stereocenters. The summed E-state index contributed by atoms with van der Waals surface area (Å²) in [7, 11) is 0. The van der Waals surface area contributed by atoms with Crippen LogP contribution in [-0.4, -0.2) is 40.4 Å². The largest absolute Gasteiger partial charge is 0.465 e. The molecular weight excluding hydrogens is 374 g/mol. The van der Waals surface area contributed by atoms with Crippen molar-refractivity contribution in [2.75, 3.05) is 0 Å². The van der Waals surface area contributed by atoms with Crippen LogP contribution in [0.15, 0.2) is 12.7 Å². The van der Waals surface area contributed by atoms with Gasteiger partial charge in [0.1, 0.15) is 11.9 Å². The molecule has 3 N–H and O–H groups in total. The van der Waals surface area contributed by atoms with Crippen molar-refractivity contribution in [2.24, 2.45) is 34.0 Å². The number of Topliss-reactive ketones (excluding diaryl/α,β-unsaturated/α-hetero) is 1. The third-order valence-electron chi connectivity index (χ3n) is 8.76. The van der Waals surface area contributed by atoms with Crippen LogP contribution in [0.5, 0.6) is 0 Å². The van der Waals surface area contributed by atoms with E-state index < -0.39 is 35.2 Å². The molecule has 162 valence electrons. The number of imide groups is 1. The Hall–Kier alpha value is -1.89. The number of carbonyl (C=O) groups excluding carboxylic acids is 2. The van der Waals surface area contributed by atoms with Crippen LogP contribution in [0.2, 0.25) is 0 Å². The van der Waals surface area contributed by atoms with Gasteiger partial charge in [0, 0.05) is 23.2 Å². The van der Waals surface area contributed by atoms with Gasteiger partial charge >= 0.3 is 12.2 Å². The molecule has 2 amide bonds. The van der Waals surface area contributed by atoms with Crippen LogP contribution in [0, 0.1) is 34.0 Å². The number of aliphatic hydroxyl groups excluding tert-OH is 1. The Balaban J connectivity index is 2.16. The van der Waals surface area contributed by atoms with E-state index in [0.717, 1.165) is 19.3 Å². The van der Waals surface area contributed by atoms with E-state index in [2.05, 4.69) is 13.5 Å². The molecule has 0 heterocycles. The van der Waals surface area contributed by atoms with Crippen molar-refractivity contribution in [2.45, 2.75) is 72.0 Å².